The third kappa shape index (κ3) is 4.73. The maximum Gasteiger partial charge on any atom is 0.0303 e. The fourth-order valence-electron chi connectivity index (χ4n) is 3.17. The van der Waals surface area contributed by atoms with Gasteiger partial charge in [0, 0.05) is 24.7 Å². The smallest absolute Gasteiger partial charge is 0.0303 e. The van der Waals surface area contributed by atoms with Gasteiger partial charge in [-0.25, -0.2) is 0 Å². The molecule has 2 rings (SSSR count). The summed E-state index contributed by atoms with van der Waals surface area (Å²) in [5, 5.41) is 3.78. The molecule has 0 aromatic heterocycles. The van der Waals surface area contributed by atoms with Crippen LogP contribution in [0.1, 0.15) is 32.3 Å². The van der Waals surface area contributed by atoms with Gasteiger partial charge in [0.1, 0.15) is 0 Å². The Morgan fingerprint density at radius 1 is 1.33 bits per heavy atom. The molecule has 2 nitrogen and oxygen atoms in total. The van der Waals surface area contributed by atoms with E-state index in [1.54, 1.807) is 0 Å². The highest BCUT2D eigenvalue weighted by atomic mass is 32.2. The van der Waals surface area contributed by atoms with Crippen molar-refractivity contribution in [2.75, 3.05) is 31.6 Å². The maximum absolute atomic E-state index is 3.78. The lowest BCUT2D eigenvalue weighted by atomic mass is 9.90. The molecular weight excluding hydrogens is 276 g/mol. The number of nitrogens with one attached hydrogen (secondary N) is 1. The largest absolute Gasteiger partial charge is 0.311 e. The number of benzene rings is 1. The van der Waals surface area contributed by atoms with Crippen molar-refractivity contribution in [3.63, 3.8) is 0 Å². The zero-order valence-corrected chi connectivity index (χ0v) is 14.6. The van der Waals surface area contributed by atoms with Gasteiger partial charge < -0.3 is 5.32 Å². The van der Waals surface area contributed by atoms with Gasteiger partial charge in [0.2, 0.25) is 0 Å². The number of rotatable bonds is 7. The van der Waals surface area contributed by atoms with Crippen molar-refractivity contribution in [2.24, 2.45) is 0 Å². The standard InChI is InChI=1S/C18H30N2S/c1-4-18(2)15-19-17(13-16-9-6-5-7-10-16)14-20(18)11-8-12-21-3/h5-7,9-10,17,19H,4,8,11-15H2,1-3H3. The molecule has 1 aliphatic heterocycles. The predicted octanol–water partition coefficient (Wildman–Crippen LogP) is 3.42. The van der Waals surface area contributed by atoms with Crippen molar-refractivity contribution < 1.29 is 0 Å². The molecule has 0 spiro atoms. The number of hydrogen-bond acceptors (Lipinski definition) is 3. The topological polar surface area (TPSA) is 15.3 Å². The summed E-state index contributed by atoms with van der Waals surface area (Å²) < 4.78 is 0. The average Bonchev–Trinajstić information content (AvgIpc) is 2.52. The van der Waals surface area contributed by atoms with Crippen LogP contribution in [0.3, 0.4) is 0 Å². The predicted molar refractivity (Wildman–Crippen MR) is 95.2 cm³/mol. The summed E-state index contributed by atoms with van der Waals surface area (Å²) in [6, 6.07) is 11.5. The second-order valence-corrected chi connectivity index (χ2v) is 7.40. The van der Waals surface area contributed by atoms with E-state index in [0.717, 1.165) is 13.0 Å². The van der Waals surface area contributed by atoms with Crippen LogP contribution in [0.5, 0.6) is 0 Å². The molecule has 0 aliphatic carbocycles. The van der Waals surface area contributed by atoms with Crippen molar-refractivity contribution in [2.45, 2.75) is 44.7 Å². The Labute approximate surface area is 134 Å². The van der Waals surface area contributed by atoms with E-state index >= 15 is 0 Å². The molecule has 1 heterocycles. The Morgan fingerprint density at radius 3 is 2.76 bits per heavy atom. The molecule has 0 amide bonds. The molecule has 1 fully saturated rings. The number of thioether (sulfide) groups is 1. The van der Waals surface area contributed by atoms with Gasteiger partial charge in [0.15, 0.2) is 0 Å². The summed E-state index contributed by atoms with van der Waals surface area (Å²) in [4.78, 5) is 2.73. The van der Waals surface area contributed by atoms with Gasteiger partial charge in [0.25, 0.3) is 0 Å². The summed E-state index contributed by atoms with van der Waals surface area (Å²) >= 11 is 1.96. The van der Waals surface area contributed by atoms with E-state index in [2.05, 4.69) is 60.7 Å². The molecule has 1 aromatic rings. The molecule has 1 N–H and O–H groups in total. The minimum atomic E-state index is 0.325. The molecule has 1 aliphatic rings. The first-order valence-corrected chi connectivity index (χ1v) is 9.58. The van der Waals surface area contributed by atoms with Crippen LogP contribution in [0.15, 0.2) is 30.3 Å². The van der Waals surface area contributed by atoms with Crippen LogP contribution in [0.2, 0.25) is 0 Å². The number of piperazine rings is 1. The molecule has 21 heavy (non-hydrogen) atoms. The Bertz CT molecular complexity index is 409. The van der Waals surface area contributed by atoms with Gasteiger partial charge in [0.05, 0.1) is 0 Å². The average molecular weight is 307 g/mol. The van der Waals surface area contributed by atoms with Crippen molar-refractivity contribution in [1.82, 2.24) is 10.2 Å². The number of hydrogen-bond donors (Lipinski definition) is 1. The third-order valence-corrected chi connectivity index (χ3v) is 5.54. The lowest BCUT2D eigenvalue weighted by Gasteiger charge is -2.48. The fraction of sp³-hybridized carbons (Fsp3) is 0.667. The molecule has 118 valence electrons. The van der Waals surface area contributed by atoms with Crippen molar-refractivity contribution in [3.05, 3.63) is 35.9 Å². The molecule has 2 unspecified atom stereocenters. The molecule has 3 heteroatoms. The summed E-state index contributed by atoms with van der Waals surface area (Å²) in [6.07, 6.45) is 5.86. The third-order valence-electron chi connectivity index (χ3n) is 4.84. The lowest BCUT2D eigenvalue weighted by molar-refractivity contribution is 0.0494. The van der Waals surface area contributed by atoms with Crippen LogP contribution in [-0.2, 0) is 6.42 Å². The molecule has 0 saturated carbocycles. The Balaban J connectivity index is 1.94. The Kier molecular flexibility index (Phi) is 6.59. The first-order chi connectivity index (χ1) is 10.2. The van der Waals surface area contributed by atoms with E-state index in [-0.39, 0.29) is 0 Å². The van der Waals surface area contributed by atoms with Crippen molar-refractivity contribution in [1.29, 1.82) is 0 Å². The molecular formula is C18H30N2S. The van der Waals surface area contributed by atoms with Gasteiger partial charge >= 0.3 is 0 Å². The van der Waals surface area contributed by atoms with Crippen LogP contribution in [0.25, 0.3) is 0 Å². The maximum atomic E-state index is 3.78. The first kappa shape index (κ1) is 16.9. The zero-order chi connectivity index (χ0) is 15.1. The SMILES string of the molecule is CCC1(C)CNC(Cc2ccccc2)CN1CCCSC. The molecule has 0 radical (unpaired) electrons. The van der Waals surface area contributed by atoms with Crippen molar-refractivity contribution >= 4 is 11.8 Å². The van der Waals surface area contributed by atoms with Gasteiger partial charge in [-0.3, -0.25) is 4.90 Å². The first-order valence-electron chi connectivity index (χ1n) is 8.19. The summed E-state index contributed by atoms with van der Waals surface area (Å²) in [5.74, 6) is 1.27. The summed E-state index contributed by atoms with van der Waals surface area (Å²) in [6.45, 7) is 8.25. The van der Waals surface area contributed by atoms with Crippen LogP contribution in [0.4, 0.5) is 0 Å². The minimum absolute atomic E-state index is 0.325. The minimum Gasteiger partial charge on any atom is -0.311 e. The van der Waals surface area contributed by atoms with E-state index in [1.165, 1.54) is 37.2 Å². The van der Waals surface area contributed by atoms with Gasteiger partial charge in [-0.2, -0.15) is 11.8 Å². The highest BCUT2D eigenvalue weighted by molar-refractivity contribution is 7.98. The molecule has 1 saturated heterocycles. The van der Waals surface area contributed by atoms with E-state index in [1.807, 2.05) is 11.8 Å². The zero-order valence-electron chi connectivity index (χ0n) is 13.8. The molecule has 0 bridgehead atoms. The Hall–Kier alpha value is -0.510. The highest BCUT2D eigenvalue weighted by Crippen LogP contribution is 2.24. The quantitative estimate of drug-likeness (QED) is 0.777. The van der Waals surface area contributed by atoms with E-state index in [9.17, 15) is 0 Å². The fourth-order valence-corrected chi connectivity index (χ4v) is 3.59. The van der Waals surface area contributed by atoms with Crippen LogP contribution in [-0.4, -0.2) is 48.1 Å². The van der Waals surface area contributed by atoms with E-state index in [0.29, 0.717) is 11.6 Å². The van der Waals surface area contributed by atoms with E-state index in [4.69, 9.17) is 0 Å². The highest BCUT2D eigenvalue weighted by Gasteiger charge is 2.35. The summed E-state index contributed by atoms with van der Waals surface area (Å²) in [5.41, 5.74) is 1.77. The van der Waals surface area contributed by atoms with Crippen LogP contribution >= 0.6 is 11.8 Å². The van der Waals surface area contributed by atoms with E-state index < -0.39 is 0 Å². The normalized spacial score (nSPS) is 26.9. The van der Waals surface area contributed by atoms with Gasteiger partial charge in [-0.05, 0) is 50.3 Å². The second-order valence-electron chi connectivity index (χ2n) is 6.41. The van der Waals surface area contributed by atoms with Gasteiger partial charge in [-0.15, -0.1) is 0 Å². The lowest BCUT2D eigenvalue weighted by Crippen LogP contribution is -2.63. The molecule has 2 atom stereocenters. The molecule has 1 aromatic carbocycles. The van der Waals surface area contributed by atoms with Crippen molar-refractivity contribution in [3.8, 4) is 0 Å². The second kappa shape index (κ2) is 8.21. The van der Waals surface area contributed by atoms with Gasteiger partial charge in [-0.1, -0.05) is 37.3 Å². The summed E-state index contributed by atoms with van der Waals surface area (Å²) in [7, 11) is 0. The monoisotopic (exact) mass is 306 g/mol. The number of nitrogens with zero attached hydrogens (tertiary/aromatic N) is 1. The van der Waals surface area contributed by atoms with Crippen LogP contribution in [0, 0.1) is 0 Å². The van der Waals surface area contributed by atoms with Crippen LogP contribution < -0.4 is 5.32 Å². The Morgan fingerprint density at radius 2 is 2.10 bits per heavy atom.